The highest BCUT2D eigenvalue weighted by Gasteiger charge is 2.46. The Bertz CT molecular complexity index is 1150. The first-order valence-electron chi connectivity index (χ1n) is 12.2. The summed E-state index contributed by atoms with van der Waals surface area (Å²) in [5.74, 6) is 1.42. The van der Waals surface area contributed by atoms with Crippen molar-refractivity contribution in [1.82, 2.24) is 24.4 Å². The molecule has 3 aliphatic rings. The molecule has 0 amide bonds. The Balaban J connectivity index is 1.26. The van der Waals surface area contributed by atoms with Gasteiger partial charge in [-0.05, 0) is 56.6 Å². The van der Waals surface area contributed by atoms with Gasteiger partial charge in [0.1, 0.15) is 0 Å². The largest absolute Gasteiger partial charge is 0.297 e. The lowest BCUT2D eigenvalue weighted by atomic mass is 9.71. The lowest BCUT2D eigenvalue weighted by Gasteiger charge is -2.57. The Morgan fingerprint density at radius 1 is 1.09 bits per heavy atom. The molecule has 168 valence electrons. The van der Waals surface area contributed by atoms with Crippen LogP contribution in [0.25, 0.3) is 5.65 Å². The number of H-pyrrole nitrogens is 1. The zero-order valence-electron chi connectivity index (χ0n) is 18.9. The van der Waals surface area contributed by atoms with Gasteiger partial charge in [-0.2, -0.15) is 0 Å². The lowest BCUT2D eigenvalue weighted by molar-refractivity contribution is -0.0731. The minimum Gasteiger partial charge on any atom is -0.297 e. The predicted octanol–water partition coefficient (Wildman–Crippen LogP) is 3.25. The SMILES string of the molecule is Cc1cc2nc(CN3C[C@H]4C[C@@H](C3)[C@H](Cc3ccccc3)N3CCCC[C@@H]43)cc(=O)n2[nH]1. The zero-order chi connectivity index (χ0) is 21.7. The number of nitrogens with one attached hydrogen (secondary N) is 1. The second kappa shape index (κ2) is 8.16. The van der Waals surface area contributed by atoms with Crippen molar-refractivity contribution in [3.05, 3.63) is 69.8 Å². The summed E-state index contributed by atoms with van der Waals surface area (Å²) < 4.78 is 1.54. The minimum atomic E-state index is -0.0179. The molecular formula is C26H33N5O. The van der Waals surface area contributed by atoms with Crippen molar-refractivity contribution < 1.29 is 0 Å². The van der Waals surface area contributed by atoms with Gasteiger partial charge in [0.25, 0.3) is 5.56 Å². The number of aromatic nitrogens is 3. The lowest BCUT2D eigenvalue weighted by Crippen LogP contribution is -2.63. The van der Waals surface area contributed by atoms with Crippen LogP contribution in [0.3, 0.4) is 0 Å². The highest BCUT2D eigenvalue weighted by molar-refractivity contribution is 5.39. The predicted molar refractivity (Wildman–Crippen MR) is 126 cm³/mol. The third kappa shape index (κ3) is 3.69. The van der Waals surface area contributed by atoms with Crippen molar-refractivity contribution in [2.24, 2.45) is 11.8 Å². The molecule has 3 fully saturated rings. The molecular weight excluding hydrogens is 398 g/mol. The molecule has 6 nitrogen and oxygen atoms in total. The van der Waals surface area contributed by atoms with Gasteiger partial charge in [0.2, 0.25) is 0 Å². The van der Waals surface area contributed by atoms with Crippen LogP contribution < -0.4 is 5.56 Å². The molecule has 3 saturated heterocycles. The summed E-state index contributed by atoms with van der Waals surface area (Å²) in [7, 11) is 0. The van der Waals surface area contributed by atoms with Gasteiger partial charge >= 0.3 is 0 Å². The maximum absolute atomic E-state index is 12.6. The number of benzene rings is 1. The molecule has 6 heteroatoms. The van der Waals surface area contributed by atoms with Crippen LogP contribution in [0, 0.1) is 18.8 Å². The van der Waals surface area contributed by atoms with E-state index in [1.54, 1.807) is 10.6 Å². The standard InChI is InChI=1S/C26H33N5O/c1-18-11-25-27-22(14-26(32)31(25)28-18)17-29-15-20-13-21(16-29)24(12-19-7-3-2-4-8-19)30-10-6-5-9-23(20)30/h2-4,7-8,11,14,20-21,23-24,28H,5-6,9-10,12-13,15-17H2,1H3/t20-,21+,23+,24+/m1/s1. The molecule has 4 atom stereocenters. The van der Waals surface area contributed by atoms with E-state index in [1.165, 1.54) is 37.8 Å². The molecule has 32 heavy (non-hydrogen) atoms. The van der Waals surface area contributed by atoms with Gasteiger partial charge in [0.05, 0.1) is 5.69 Å². The summed E-state index contributed by atoms with van der Waals surface area (Å²) in [6.07, 6.45) is 6.54. The molecule has 0 spiro atoms. The van der Waals surface area contributed by atoms with Crippen molar-refractivity contribution in [3.8, 4) is 0 Å². The molecule has 2 bridgehead atoms. The van der Waals surface area contributed by atoms with Crippen LogP contribution in [0.1, 0.15) is 42.6 Å². The zero-order valence-corrected chi connectivity index (χ0v) is 18.9. The minimum absolute atomic E-state index is 0.0179. The number of piperidine rings is 3. The van der Waals surface area contributed by atoms with E-state index in [-0.39, 0.29) is 5.56 Å². The summed E-state index contributed by atoms with van der Waals surface area (Å²) in [6, 6.07) is 16.0. The Kier molecular flexibility index (Phi) is 5.15. The first kappa shape index (κ1) is 20.2. The van der Waals surface area contributed by atoms with Crippen molar-refractivity contribution >= 4 is 5.65 Å². The second-order valence-corrected chi connectivity index (χ2v) is 10.2. The molecule has 0 radical (unpaired) electrons. The van der Waals surface area contributed by atoms with E-state index in [0.717, 1.165) is 49.0 Å². The average Bonchev–Trinajstić information content (AvgIpc) is 3.18. The maximum Gasteiger partial charge on any atom is 0.272 e. The molecule has 3 aliphatic heterocycles. The van der Waals surface area contributed by atoms with Gasteiger partial charge in [0, 0.05) is 49.5 Å². The Hall–Kier alpha value is -2.44. The van der Waals surface area contributed by atoms with Gasteiger partial charge < -0.3 is 0 Å². The van der Waals surface area contributed by atoms with Crippen LogP contribution in [0.15, 0.2) is 47.3 Å². The Morgan fingerprint density at radius 2 is 1.94 bits per heavy atom. The van der Waals surface area contributed by atoms with Crippen LogP contribution in [0.5, 0.6) is 0 Å². The third-order valence-electron chi connectivity index (χ3n) is 8.00. The summed E-state index contributed by atoms with van der Waals surface area (Å²) >= 11 is 0. The molecule has 0 saturated carbocycles. The van der Waals surface area contributed by atoms with Crippen LogP contribution in [0.2, 0.25) is 0 Å². The van der Waals surface area contributed by atoms with Gasteiger partial charge in [-0.1, -0.05) is 36.8 Å². The van der Waals surface area contributed by atoms with Gasteiger partial charge in [-0.3, -0.25) is 19.7 Å². The summed E-state index contributed by atoms with van der Waals surface area (Å²) in [5.41, 5.74) is 4.02. The van der Waals surface area contributed by atoms with Crippen LogP contribution in [0.4, 0.5) is 0 Å². The third-order valence-corrected chi connectivity index (χ3v) is 8.00. The topological polar surface area (TPSA) is 56.6 Å². The number of aryl methyl sites for hydroxylation is 1. The van der Waals surface area contributed by atoms with Gasteiger partial charge in [-0.15, -0.1) is 0 Å². The van der Waals surface area contributed by atoms with E-state index >= 15 is 0 Å². The Labute approximate surface area is 189 Å². The molecule has 0 unspecified atom stereocenters. The Morgan fingerprint density at radius 3 is 2.81 bits per heavy atom. The number of likely N-dealkylation sites (tertiary alicyclic amines) is 1. The van der Waals surface area contributed by atoms with Crippen molar-refractivity contribution in [3.63, 3.8) is 0 Å². The molecule has 2 aromatic heterocycles. The van der Waals surface area contributed by atoms with Crippen molar-refractivity contribution in [2.45, 2.75) is 57.7 Å². The molecule has 0 aliphatic carbocycles. The number of aromatic amines is 1. The summed E-state index contributed by atoms with van der Waals surface area (Å²) in [6.45, 7) is 6.22. The fourth-order valence-electron chi connectivity index (χ4n) is 6.74. The van der Waals surface area contributed by atoms with Gasteiger partial charge in [-0.25, -0.2) is 9.50 Å². The van der Waals surface area contributed by atoms with E-state index < -0.39 is 0 Å². The van der Waals surface area contributed by atoms with E-state index in [0.29, 0.717) is 18.0 Å². The number of hydrogen-bond donors (Lipinski definition) is 1. The van der Waals surface area contributed by atoms with Crippen LogP contribution in [-0.2, 0) is 13.0 Å². The number of hydrogen-bond acceptors (Lipinski definition) is 4. The molecule has 3 aromatic rings. The fourth-order valence-corrected chi connectivity index (χ4v) is 6.74. The van der Waals surface area contributed by atoms with Crippen molar-refractivity contribution in [2.75, 3.05) is 19.6 Å². The van der Waals surface area contributed by atoms with E-state index in [9.17, 15) is 4.79 Å². The quantitative estimate of drug-likeness (QED) is 0.689. The molecule has 6 rings (SSSR count). The average molecular weight is 432 g/mol. The van der Waals surface area contributed by atoms with Gasteiger partial charge in [0.15, 0.2) is 5.65 Å². The number of nitrogens with zero attached hydrogens (tertiary/aromatic N) is 4. The number of fused-ring (bicyclic) bond motifs is 5. The monoisotopic (exact) mass is 431 g/mol. The molecule has 5 heterocycles. The molecule has 1 aromatic carbocycles. The highest BCUT2D eigenvalue weighted by Crippen LogP contribution is 2.42. The summed E-state index contributed by atoms with van der Waals surface area (Å²) in [4.78, 5) is 22.8. The maximum atomic E-state index is 12.6. The first-order chi connectivity index (χ1) is 15.6. The first-order valence-corrected chi connectivity index (χ1v) is 12.2. The van der Waals surface area contributed by atoms with Crippen LogP contribution in [-0.4, -0.2) is 56.1 Å². The smallest absolute Gasteiger partial charge is 0.272 e. The summed E-state index contributed by atoms with van der Waals surface area (Å²) in [5, 5.41) is 3.07. The fraction of sp³-hybridized carbons (Fsp3) is 0.538. The normalized spacial score (nSPS) is 28.7. The van der Waals surface area contributed by atoms with E-state index in [1.807, 2.05) is 13.0 Å². The van der Waals surface area contributed by atoms with E-state index in [2.05, 4.69) is 45.2 Å². The highest BCUT2D eigenvalue weighted by atomic mass is 16.1. The van der Waals surface area contributed by atoms with Crippen molar-refractivity contribution in [1.29, 1.82) is 0 Å². The van der Waals surface area contributed by atoms with Crippen LogP contribution >= 0.6 is 0 Å². The number of rotatable bonds is 4. The van der Waals surface area contributed by atoms with E-state index in [4.69, 9.17) is 4.98 Å². The molecule has 1 N–H and O–H groups in total. The second-order valence-electron chi connectivity index (χ2n) is 10.2.